The van der Waals surface area contributed by atoms with Crippen LogP contribution < -0.4 is 15.4 Å². The zero-order valence-corrected chi connectivity index (χ0v) is 22.1. The summed E-state index contributed by atoms with van der Waals surface area (Å²) in [6, 6.07) is 14.4. The molecule has 2 amide bonds. The van der Waals surface area contributed by atoms with Gasteiger partial charge in [-0.05, 0) is 68.3 Å². The average Bonchev–Trinajstić information content (AvgIpc) is 3.43. The molecule has 0 aliphatic carbocycles. The van der Waals surface area contributed by atoms with Crippen molar-refractivity contribution in [1.82, 2.24) is 25.2 Å². The number of halogens is 1. The lowest BCUT2D eigenvalue weighted by atomic mass is 10.1. The lowest BCUT2D eigenvalue weighted by molar-refractivity contribution is 0.158. The van der Waals surface area contributed by atoms with Crippen LogP contribution in [0.2, 0.25) is 5.02 Å². The Hall–Kier alpha value is -4.39. The number of nitrogens with one attached hydrogen (secondary N) is 2. The number of aliphatic hydroxyl groups is 1. The maximum absolute atomic E-state index is 12.4. The SMILES string of the molecule is Cc1ccc(Oc2ccc(Nc3ncnc4ccc(C#CCNC(=O)N5CCCC5CO)cc34)cc2Cl)cn1. The molecule has 2 aromatic heterocycles. The van der Waals surface area contributed by atoms with Crippen LogP contribution in [0.5, 0.6) is 11.5 Å². The normalized spacial score (nSPS) is 14.5. The number of benzene rings is 2. The van der Waals surface area contributed by atoms with Crippen LogP contribution in [-0.4, -0.2) is 56.7 Å². The van der Waals surface area contributed by atoms with E-state index in [1.807, 2.05) is 43.3 Å². The number of hydrogen-bond donors (Lipinski definition) is 3. The molecule has 198 valence electrons. The maximum atomic E-state index is 12.4. The van der Waals surface area contributed by atoms with Gasteiger partial charge in [-0.25, -0.2) is 14.8 Å². The number of aliphatic hydroxyl groups excluding tert-OH is 1. The van der Waals surface area contributed by atoms with Gasteiger partial charge in [0.1, 0.15) is 23.6 Å². The number of carbonyl (C=O) groups is 1. The fourth-order valence-electron chi connectivity index (χ4n) is 4.33. The number of carbonyl (C=O) groups excluding carboxylic acids is 1. The fraction of sp³-hybridized carbons (Fsp3) is 0.241. The first kappa shape index (κ1) is 26.2. The predicted octanol–water partition coefficient (Wildman–Crippen LogP) is 5.04. The van der Waals surface area contributed by atoms with Crippen molar-refractivity contribution in [2.75, 3.05) is 25.0 Å². The van der Waals surface area contributed by atoms with Crippen LogP contribution in [0, 0.1) is 18.8 Å². The highest BCUT2D eigenvalue weighted by Crippen LogP contribution is 2.33. The van der Waals surface area contributed by atoms with Gasteiger partial charge >= 0.3 is 6.03 Å². The van der Waals surface area contributed by atoms with E-state index in [1.165, 1.54) is 6.33 Å². The number of urea groups is 1. The van der Waals surface area contributed by atoms with Crippen molar-refractivity contribution in [3.05, 3.63) is 77.3 Å². The van der Waals surface area contributed by atoms with Crippen LogP contribution in [-0.2, 0) is 0 Å². The molecule has 0 bridgehead atoms. The first-order valence-corrected chi connectivity index (χ1v) is 12.9. The number of rotatable bonds is 6. The number of anilines is 2. The second kappa shape index (κ2) is 12.0. The van der Waals surface area contributed by atoms with Crippen LogP contribution in [0.3, 0.4) is 0 Å². The van der Waals surface area contributed by atoms with Gasteiger partial charge in [-0.15, -0.1) is 0 Å². The number of aromatic nitrogens is 3. The monoisotopic (exact) mass is 542 g/mol. The molecule has 3 heterocycles. The summed E-state index contributed by atoms with van der Waals surface area (Å²) in [5.41, 5.74) is 3.16. The van der Waals surface area contributed by atoms with Gasteiger partial charge in [0.15, 0.2) is 0 Å². The van der Waals surface area contributed by atoms with Crippen molar-refractivity contribution < 1.29 is 14.6 Å². The van der Waals surface area contributed by atoms with Crippen LogP contribution in [0.1, 0.15) is 24.1 Å². The summed E-state index contributed by atoms with van der Waals surface area (Å²) in [5.74, 6) is 7.80. The third kappa shape index (κ3) is 6.37. The lowest BCUT2D eigenvalue weighted by Gasteiger charge is -2.22. The standard InChI is InChI=1S/C29H27ClN6O3/c1-19-6-9-23(16-32-19)39-27-11-8-21(15-25(27)30)35-28-24-14-20(7-10-26(24)33-18-34-28)4-2-12-31-29(38)36-13-3-5-22(36)17-37/h6-11,14-16,18,22,37H,3,5,12-13,17H2,1H3,(H,31,38)(H,33,34,35). The lowest BCUT2D eigenvalue weighted by Crippen LogP contribution is -2.44. The van der Waals surface area contributed by atoms with E-state index in [0.717, 1.165) is 40.7 Å². The van der Waals surface area contributed by atoms with Gasteiger partial charge < -0.3 is 25.4 Å². The van der Waals surface area contributed by atoms with E-state index in [9.17, 15) is 9.90 Å². The molecule has 10 heteroatoms. The second-order valence-corrected chi connectivity index (χ2v) is 9.50. The van der Waals surface area contributed by atoms with E-state index < -0.39 is 0 Å². The molecular formula is C29H27ClN6O3. The molecule has 0 radical (unpaired) electrons. The highest BCUT2D eigenvalue weighted by Gasteiger charge is 2.27. The molecule has 1 fully saturated rings. The molecule has 3 N–H and O–H groups in total. The fourth-order valence-corrected chi connectivity index (χ4v) is 4.55. The molecule has 5 rings (SSSR count). The number of pyridine rings is 1. The molecule has 0 saturated carbocycles. The Balaban J connectivity index is 1.27. The molecule has 1 saturated heterocycles. The Bertz CT molecular complexity index is 1550. The Morgan fingerprint density at radius 2 is 2.08 bits per heavy atom. The van der Waals surface area contributed by atoms with Crippen molar-refractivity contribution in [2.45, 2.75) is 25.8 Å². The highest BCUT2D eigenvalue weighted by atomic mass is 35.5. The van der Waals surface area contributed by atoms with Crippen molar-refractivity contribution in [3.8, 4) is 23.3 Å². The van der Waals surface area contributed by atoms with Gasteiger partial charge in [0.2, 0.25) is 0 Å². The first-order chi connectivity index (χ1) is 19.0. The summed E-state index contributed by atoms with van der Waals surface area (Å²) in [6.07, 6.45) is 4.86. The van der Waals surface area contributed by atoms with Gasteiger partial charge in [0.05, 0.1) is 35.9 Å². The van der Waals surface area contributed by atoms with Crippen LogP contribution in [0.4, 0.5) is 16.3 Å². The van der Waals surface area contributed by atoms with Crippen LogP contribution >= 0.6 is 11.6 Å². The van der Waals surface area contributed by atoms with E-state index in [2.05, 4.69) is 37.4 Å². The van der Waals surface area contributed by atoms with E-state index in [1.54, 1.807) is 23.2 Å². The average molecular weight is 543 g/mol. The smallest absolute Gasteiger partial charge is 0.318 e. The summed E-state index contributed by atoms with van der Waals surface area (Å²) in [4.78, 5) is 27.0. The molecule has 39 heavy (non-hydrogen) atoms. The minimum atomic E-state index is -0.204. The number of amides is 2. The zero-order chi connectivity index (χ0) is 27.2. The number of hydrogen-bond acceptors (Lipinski definition) is 7. The molecule has 2 aromatic carbocycles. The van der Waals surface area contributed by atoms with Gasteiger partial charge in [-0.3, -0.25) is 4.98 Å². The molecule has 4 aromatic rings. The molecule has 9 nitrogen and oxygen atoms in total. The summed E-state index contributed by atoms with van der Waals surface area (Å²) in [6.45, 7) is 2.74. The third-order valence-corrected chi connectivity index (χ3v) is 6.65. The minimum absolute atomic E-state index is 0.0239. The summed E-state index contributed by atoms with van der Waals surface area (Å²) < 4.78 is 5.85. The number of likely N-dealkylation sites (tertiary alicyclic amines) is 1. The Morgan fingerprint density at radius 3 is 2.87 bits per heavy atom. The molecule has 1 aliphatic rings. The Labute approximate surface area is 231 Å². The minimum Gasteiger partial charge on any atom is -0.454 e. The Kier molecular flexibility index (Phi) is 8.06. The van der Waals surface area contributed by atoms with Gasteiger partial charge in [-0.1, -0.05) is 23.4 Å². The van der Waals surface area contributed by atoms with Gasteiger partial charge in [-0.2, -0.15) is 0 Å². The second-order valence-electron chi connectivity index (χ2n) is 9.09. The topological polar surface area (TPSA) is 112 Å². The van der Waals surface area contributed by atoms with E-state index in [-0.39, 0.29) is 25.2 Å². The van der Waals surface area contributed by atoms with Crippen molar-refractivity contribution in [3.63, 3.8) is 0 Å². The molecular weight excluding hydrogens is 516 g/mol. The van der Waals surface area contributed by atoms with Crippen LogP contribution in [0.15, 0.2) is 61.1 Å². The van der Waals surface area contributed by atoms with E-state index >= 15 is 0 Å². The Morgan fingerprint density at radius 1 is 1.18 bits per heavy atom. The predicted molar refractivity (Wildman–Crippen MR) is 150 cm³/mol. The summed E-state index contributed by atoms with van der Waals surface area (Å²) >= 11 is 6.49. The number of aryl methyl sites for hydroxylation is 1. The van der Waals surface area contributed by atoms with E-state index in [0.29, 0.717) is 28.9 Å². The van der Waals surface area contributed by atoms with E-state index in [4.69, 9.17) is 16.3 Å². The molecule has 1 atom stereocenters. The van der Waals surface area contributed by atoms with Crippen molar-refractivity contribution in [2.24, 2.45) is 0 Å². The number of nitrogens with zero attached hydrogens (tertiary/aromatic N) is 4. The molecule has 1 aliphatic heterocycles. The first-order valence-electron chi connectivity index (χ1n) is 12.6. The molecule has 1 unspecified atom stereocenters. The quantitative estimate of drug-likeness (QED) is 0.293. The van der Waals surface area contributed by atoms with Gasteiger partial charge in [0.25, 0.3) is 0 Å². The zero-order valence-electron chi connectivity index (χ0n) is 21.3. The molecule has 0 spiro atoms. The van der Waals surface area contributed by atoms with Crippen LogP contribution in [0.25, 0.3) is 10.9 Å². The van der Waals surface area contributed by atoms with Gasteiger partial charge in [0, 0.05) is 28.9 Å². The maximum Gasteiger partial charge on any atom is 0.318 e. The largest absolute Gasteiger partial charge is 0.454 e. The van der Waals surface area contributed by atoms with Crippen molar-refractivity contribution >= 4 is 40.0 Å². The summed E-state index contributed by atoms with van der Waals surface area (Å²) in [5, 5.41) is 16.8. The highest BCUT2D eigenvalue weighted by molar-refractivity contribution is 6.32. The summed E-state index contributed by atoms with van der Waals surface area (Å²) in [7, 11) is 0. The third-order valence-electron chi connectivity index (χ3n) is 6.35. The van der Waals surface area contributed by atoms with Crippen molar-refractivity contribution in [1.29, 1.82) is 0 Å². The number of ether oxygens (including phenoxy) is 1. The number of fused-ring (bicyclic) bond motifs is 1.